The molecule has 0 bridgehead atoms. The molecule has 34 heavy (non-hydrogen) atoms. The summed E-state index contributed by atoms with van der Waals surface area (Å²) in [5.74, 6) is 0. The highest BCUT2D eigenvalue weighted by molar-refractivity contribution is 3.53. The SMILES string of the molecule is C.C.C.C.C.C.CC.CC.CC.CC.CC.CC.CC.CC.CC.CC.CC.CC.CC.CC. The maximum absolute atomic E-state index is 2.00. The Labute approximate surface area is 238 Å². The van der Waals surface area contributed by atoms with Crippen LogP contribution in [0.2, 0.25) is 0 Å². The molecule has 0 spiro atoms. The van der Waals surface area contributed by atoms with E-state index in [0.717, 1.165) is 0 Å². The highest BCUT2D eigenvalue weighted by atomic mass is 13.0. The third kappa shape index (κ3) is 0. The van der Waals surface area contributed by atoms with Crippen LogP contribution >= 0.6 is 0 Å². The molecular formula is C34H108. The first-order valence-electron chi connectivity index (χ1n) is 14.0. The Balaban J connectivity index is -0.00000000340. The van der Waals surface area contributed by atoms with Gasteiger partial charge in [0.2, 0.25) is 0 Å². The largest absolute Gasteiger partial charge is 0.0776 e. The van der Waals surface area contributed by atoms with Gasteiger partial charge in [-0.2, -0.15) is 0 Å². The maximum Gasteiger partial charge on any atom is -0.0683 e. The smallest absolute Gasteiger partial charge is 0.0683 e. The van der Waals surface area contributed by atoms with Gasteiger partial charge in [-0.1, -0.05) is 238 Å². The van der Waals surface area contributed by atoms with Crippen LogP contribution in [0.4, 0.5) is 0 Å². The van der Waals surface area contributed by atoms with E-state index in [1.165, 1.54) is 0 Å². The van der Waals surface area contributed by atoms with Gasteiger partial charge in [0.25, 0.3) is 0 Å². The maximum atomic E-state index is 2.00. The summed E-state index contributed by atoms with van der Waals surface area (Å²) in [6.45, 7) is 56.0. The predicted octanol–water partition coefficient (Wildman–Crippen LogP) is 18.2. The van der Waals surface area contributed by atoms with E-state index >= 15 is 0 Å². The molecule has 0 rings (SSSR count). The highest BCUT2D eigenvalue weighted by Gasteiger charge is 0.958. The molecule has 0 fully saturated rings. The fraction of sp³-hybridized carbons (Fsp3) is 1.00. The van der Waals surface area contributed by atoms with Gasteiger partial charge in [0.1, 0.15) is 0 Å². The molecule has 0 aromatic rings. The van der Waals surface area contributed by atoms with Crippen molar-refractivity contribution in [1.82, 2.24) is 0 Å². The lowest BCUT2D eigenvalue weighted by Crippen LogP contribution is -0.856. The van der Waals surface area contributed by atoms with Crippen LogP contribution in [0.5, 0.6) is 0 Å². The van der Waals surface area contributed by atoms with E-state index in [9.17, 15) is 0 Å². The molecule has 0 saturated heterocycles. The summed E-state index contributed by atoms with van der Waals surface area (Å²) in [6, 6.07) is 0. The zero-order valence-electron chi connectivity index (χ0n) is 28.0. The minimum absolute atomic E-state index is 0. The van der Waals surface area contributed by atoms with Gasteiger partial charge in [0.15, 0.2) is 0 Å². The van der Waals surface area contributed by atoms with E-state index < -0.39 is 0 Å². The lowest BCUT2D eigenvalue weighted by atomic mass is 11.0. The van der Waals surface area contributed by atoms with Crippen LogP contribution < -0.4 is 0 Å². The van der Waals surface area contributed by atoms with Crippen molar-refractivity contribution < 1.29 is 0 Å². The summed E-state index contributed by atoms with van der Waals surface area (Å²) in [5.41, 5.74) is 0. The number of hydrogen-bond donors (Lipinski definition) is 0. The van der Waals surface area contributed by atoms with Crippen molar-refractivity contribution in [1.29, 1.82) is 0 Å². The molecule has 0 heteroatoms. The fourth-order valence-electron chi connectivity index (χ4n) is 0. The summed E-state index contributed by atoms with van der Waals surface area (Å²) in [6.07, 6.45) is 0. The van der Waals surface area contributed by atoms with Crippen LogP contribution in [0.15, 0.2) is 0 Å². The Morgan fingerprint density at radius 2 is 0.0882 bits per heavy atom. The van der Waals surface area contributed by atoms with Gasteiger partial charge in [-0.05, 0) is 0 Å². The molecule has 0 atom stereocenters. The predicted molar refractivity (Wildman–Crippen MR) is 199 cm³/mol. The molecule has 0 radical (unpaired) electrons. The Hall–Kier alpha value is 0. The summed E-state index contributed by atoms with van der Waals surface area (Å²) in [7, 11) is 0. The summed E-state index contributed by atoms with van der Waals surface area (Å²) < 4.78 is 0. The van der Waals surface area contributed by atoms with Gasteiger partial charge in [-0.15, -0.1) is 0 Å². The molecule has 0 amide bonds. The zero-order valence-corrected chi connectivity index (χ0v) is 28.0. The summed E-state index contributed by atoms with van der Waals surface area (Å²) in [4.78, 5) is 0. The first-order valence-corrected chi connectivity index (χ1v) is 14.0. The molecule has 0 N–H and O–H groups in total. The molecule has 0 aromatic heterocycles. The Bertz CT molecular complexity index is 0. The van der Waals surface area contributed by atoms with Crippen LogP contribution in [-0.2, 0) is 0 Å². The molecular weight excluding hydrogens is 408 g/mol. The molecule has 0 aliphatic heterocycles. The Morgan fingerprint density at radius 1 is 0.0882 bits per heavy atom. The van der Waals surface area contributed by atoms with E-state index in [1.807, 2.05) is 194 Å². The van der Waals surface area contributed by atoms with Gasteiger partial charge in [0, 0.05) is 0 Å². The van der Waals surface area contributed by atoms with Crippen molar-refractivity contribution in [2.75, 3.05) is 0 Å². The van der Waals surface area contributed by atoms with Crippen LogP contribution in [-0.4, -0.2) is 0 Å². The van der Waals surface area contributed by atoms with E-state index in [-0.39, 0.29) is 44.6 Å². The number of rotatable bonds is 0. The Morgan fingerprint density at radius 3 is 0.0882 bits per heavy atom. The molecule has 0 heterocycles. The van der Waals surface area contributed by atoms with E-state index in [2.05, 4.69) is 0 Å². The van der Waals surface area contributed by atoms with E-state index in [0.29, 0.717) is 0 Å². The normalized spacial score (nSPS) is 2.47. The molecule has 0 aromatic carbocycles. The van der Waals surface area contributed by atoms with Crippen molar-refractivity contribution in [3.63, 3.8) is 0 Å². The third-order valence-electron chi connectivity index (χ3n) is 0. The highest BCUT2D eigenvalue weighted by Crippen LogP contribution is 1.17. The molecule has 0 aliphatic carbocycles. The van der Waals surface area contributed by atoms with Gasteiger partial charge in [-0.25, -0.2) is 0 Å². The topological polar surface area (TPSA) is 0 Å². The Kier molecular flexibility index (Phi) is 0. The van der Waals surface area contributed by atoms with Crippen molar-refractivity contribution >= 4 is 0 Å². The van der Waals surface area contributed by atoms with Crippen molar-refractivity contribution in [3.8, 4) is 0 Å². The zero-order chi connectivity index (χ0) is 28.0. The summed E-state index contributed by atoms with van der Waals surface area (Å²) in [5, 5.41) is 0. The van der Waals surface area contributed by atoms with E-state index in [1.54, 1.807) is 0 Å². The van der Waals surface area contributed by atoms with Crippen molar-refractivity contribution in [3.05, 3.63) is 0 Å². The van der Waals surface area contributed by atoms with Crippen LogP contribution in [0.25, 0.3) is 0 Å². The second-order valence-corrected chi connectivity index (χ2v) is 0. The van der Waals surface area contributed by atoms with Gasteiger partial charge in [0.05, 0.1) is 0 Å². The fourth-order valence-corrected chi connectivity index (χ4v) is 0. The first-order chi connectivity index (χ1) is 14.0. The molecule has 0 saturated carbocycles. The van der Waals surface area contributed by atoms with Crippen LogP contribution in [0.3, 0.4) is 0 Å². The second-order valence-electron chi connectivity index (χ2n) is 0. The number of hydrogen-bond acceptors (Lipinski definition) is 0. The quantitative estimate of drug-likeness (QED) is 0.300. The molecule has 244 valence electrons. The van der Waals surface area contributed by atoms with Crippen molar-refractivity contribution in [2.45, 2.75) is 238 Å². The lowest BCUT2D eigenvalue weighted by molar-refractivity contribution is 1.50. The average molecular weight is 517 g/mol. The minimum atomic E-state index is 0. The van der Waals surface area contributed by atoms with Gasteiger partial charge in [-0.3, -0.25) is 0 Å². The molecule has 0 nitrogen and oxygen atoms in total. The average Bonchev–Trinajstić information content (AvgIpc) is 2.95. The second kappa shape index (κ2) is 0. The third-order valence-corrected chi connectivity index (χ3v) is 0. The van der Waals surface area contributed by atoms with Gasteiger partial charge >= 0.3 is 0 Å². The van der Waals surface area contributed by atoms with Crippen LogP contribution in [0.1, 0.15) is 238 Å². The van der Waals surface area contributed by atoms with Crippen LogP contribution in [0, 0.1) is 0 Å². The summed E-state index contributed by atoms with van der Waals surface area (Å²) >= 11 is 0. The van der Waals surface area contributed by atoms with E-state index in [4.69, 9.17) is 0 Å². The first kappa shape index (κ1) is 189. The monoisotopic (exact) mass is 517 g/mol. The van der Waals surface area contributed by atoms with Gasteiger partial charge < -0.3 is 0 Å². The van der Waals surface area contributed by atoms with Crippen molar-refractivity contribution in [2.24, 2.45) is 0 Å². The minimum Gasteiger partial charge on any atom is -0.0776 e. The standard InChI is InChI=1S/14C2H6.6CH4/c14*1-2;;;;;;/h14*1-2H3;6*1H4. The lowest BCUT2D eigenvalue weighted by Gasteiger charge is -1.07. The molecule has 0 unspecified atom stereocenters. The molecule has 0 aliphatic rings.